The Kier molecular flexibility index (Phi) is 5.73. The maximum absolute atomic E-state index is 6.42. The van der Waals surface area contributed by atoms with Gasteiger partial charge in [-0.3, -0.25) is 0 Å². The first-order valence-electron chi connectivity index (χ1n) is 11.1. The predicted octanol–water partition coefficient (Wildman–Crippen LogP) is 6.78. The van der Waals surface area contributed by atoms with Gasteiger partial charge in [0, 0.05) is 22.5 Å². The Balaban J connectivity index is 1.71. The lowest BCUT2D eigenvalue weighted by Gasteiger charge is -2.17. The molecule has 0 aromatic heterocycles. The van der Waals surface area contributed by atoms with Crippen LogP contribution in [-0.4, -0.2) is 0 Å². The molecule has 0 bridgehead atoms. The van der Waals surface area contributed by atoms with Crippen LogP contribution in [0.5, 0.6) is 0 Å². The number of anilines is 1. The summed E-state index contributed by atoms with van der Waals surface area (Å²) in [5, 5.41) is 0. The molecule has 4 N–H and O–H groups in total. The van der Waals surface area contributed by atoms with E-state index < -0.39 is 0 Å². The van der Waals surface area contributed by atoms with Gasteiger partial charge < -0.3 is 11.5 Å². The van der Waals surface area contributed by atoms with E-state index in [0.29, 0.717) is 0 Å². The third-order valence-corrected chi connectivity index (χ3v) is 6.11. The van der Waals surface area contributed by atoms with E-state index in [4.69, 9.17) is 11.5 Å². The summed E-state index contributed by atoms with van der Waals surface area (Å²) in [6.45, 7) is 8.64. The summed E-state index contributed by atoms with van der Waals surface area (Å²) in [6.07, 6.45) is 7.34. The lowest BCUT2D eigenvalue weighted by Crippen LogP contribution is -2.05. The van der Waals surface area contributed by atoms with Gasteiger partial charge in [-0.1, -0.05) is 59.7 Å². The van der Waals surface area contributed by atoms with Crippen LogP contribution in [0, 0.1) is 27.7 Å². The molecule has 3 aromatic carbocycles. The molecule has 0 aliphatic heterocycles. The van der Waals surface area contributed by atoms with Crippen LogP contribution in [0.3, 0.4) is 0 Å². The summed E-state index contributed by atoms with van der Waals surface area (Å²) >= 11 is 0. The van der Waals surface area contributed by atoms with Gasteiger partial charge in [0.1, 0.15) is 0 Å². The quantitative estimate of drug-likeness (QED) is 0.467. The molecule has 0 radical (unpaired) electrons. The van der Waals surface area contributed by atoms with Crippen molar-refractivity contribution in [1.29, 1.82) is 0 Å². The van der Waals surface area contributed by atoms with Crippen LogP contribution in [0.15, 0.2) is 66.4 Å². The summed E-state index contributed by atoms with van der Waals surface area (Å²) in [5.41, 5.74) is 26.8. The molecule has 1 aliphatic carbocycles. The van der Waals surface area contributed by atoms with Gasteiger partial charge in [-0.15, -0.1) is 0 Å². The van der Waals surface area contributed by atoms with Crippen LogP contribution < -0.4 is 11.5 Å². The molecule has 31 heavy (non-hydrogen) atoms. The van der Waals surface area contributed by atoms with Gasteiger partial charge in [0.15, 0.2) is 0 Å². The summed E-state index contributed by atoms with van der Waals surface area (Å²) in [6, 6.07) is 17.7. The van der Waals surface area contributed by atoms with Crippen LogP contribution in [0.4, 0.5) is 5.69 Å². The first-order chi connectivity index (χ1) is 14.8. The summed E-state index contributed by atoms with van der Waals surface area (Å²) < 4.78 is 0. The molecule has 0 amide bonds. The fourth-order valence-electron chi connectivity index (χ4n) is 4.87. The van der Waals surface area contributed by atoms with Gasteiger partial charge in [-0.05, 0) is 92.5 Å². The zero-order chi connectivity index (χ0) is 22.1. The highest BCUT2D eigenvalue weighted by atomic mass is 14.6. The first kappa shape index (κ1) is 21.0. The largest absolute Gasteiger partial charge is 0.398 e. The molecule has 2 heteroatoms. The highest BCUT2D eigenvalue weighted by Crippen LogP contribution is 2.34. The van der Waals surface area contributed by atoms with Crippen molar-refractivity contribution in [3.05, 3.63) is 105 Å². The normalized spacial score (nSPS) is 13.7. The third kappa shape index (κ3) is 4.44. The number of benzene rings is 3. The molecule has 0 saturated heterocycles. The van der Waals surface area contributed by atoms with E-state index in [1.165, 1.54) is 50.1 Å². The van der Waals surface area contributed by atoms with Crippen molar-refractivity contribution in [2.45, 2.75) is 47.0 Å². The van der Waals surface area contributed by atoms with Crippen molar-refractivity contribution in [2.75, 3.05) is 5.73 Å². The zero-order valence-corrected chi connectivity index (χ0v) is 19.0. The van der Waals surface area contributed by atoms with Crippen LogP contribution in [-0.2, 0) is 6.42 Å². The molecular weight excluding hydrogens is 376 g/mol. The maximum Gasteiger partial charge on any atom is 0.0394 e. The molecule has 0 unspecified atom stereocenters. The Bertz CT molecular complexity index is 1190. The zero-order valence-electron chi connectivity index (χ0n) is 19.0. The molecule has 0 fully saturated rings. The van der Waals surface area contributed by atoms with E-state index in [1.807, 2.05) is 6.07 Å². The number of aryl methyl sites for hydroxylation is 4. The molecule has 2 nitrogen and oxygen atoms in total. The van der Waals surface area contributed by atoms with E-state index >= 15 is 0 Å². The van der Waals surface area contributed by atoms with Crippen LogP contribution in [0.1, 0.15) is 51.8 Å². The second kappa shape index (κ2) is 8.47. The number of allylic oxidation sites excluding steroid dienone is 3. The van der Waals surface area contributed by atoms with E-state index in [0.717, 1.165) is 36.2 Å². The fraction of sp³-hybridized carbons (Fsp3) is 0.241. The average Bonchev–Trinajstić information content (AvgIpc) is 2.69. The average molecular weight is 409 g/mol. The molecule has 0 saturated carbocycles. The van der Waals surface area contributed by atoms with Crippen molar-refractivity contribution in [2.24, 2.45) is 5.73 Å². The van der Waals surface area contributed by atoms with Gasteiger partial charge in [0.2, 0.25) is 0 Å². The smallest absolute Gasteiger partial charge is 0.0394 e. The van der Waals surface area contributed by atoms with E-state index in [1.54, 1.807) is 0 Å². The summed E-state index contributed by atoms with van der Waals surface area (Å²) in [4.78, 5) is 0. The standard InChI is InChI=1S/C29H32N2/c1-18-11-20(3)29(21(4)12-18)26-17-22(9-10-28(26)31)15-23-13-19(2)14-24(16-23)25-7-5-6-8-27(25)30/h7-14,16-17H,5-6,15,30-31H2,1-4H3. The van der Waals surface area contributed by atoms with Gasteiger partial charge in [0.05, 0.1) is 0 Å². The minimum Gasteiger partial charge on any atom is -0.398 e. The van der Waals surface area contributed by atoms with Crippen molar-refractivity contribution < 1.29 is 0 Å². The van der Waals surface area contributed by atoms with Crippen molar-refractivity contribution in [1.82, 2.24) is 0 Å². The van der Waals surface area contributed by atoms with E-state index in [9.17, 15) is 0 Å². The number of rotatable bonds is 4. The third-order valence-electron chi connectivity index (χ3n) is 6.11. The number of nitrogens with two attached hydrogens (primary N) is 2. The molecule has 3 aromatic rings. The maximum atomic E-state index is 6.42. The van der Waals surface area contributed by atoms with E-state index in [-0.39, 0.29) is 0 Å². The van der Waals surface area contributed by atoms with Crippen LogP contribution >= 0.6 is 0 Å². The van der Waals surface area contributed by atoms with Crippen molar-refractivity contribution in [3.63, 3.8) is 0 Å². The number of hydrogen-bond acceptors (Lipinski definition) is 2. The minimum atomic E-state index is 0.828. The second-order valence-electron chi connectivity index (χ2n) is 8.93. The van der Waals surface area contributed by atoms with Gasteiger partial charge in [-0.2, -0.15) is 0 Å². The van der Waals surface area contributed by atoms with Crippen molar-refractivity contribution in [3.8, 4) is 11.1 Å². The Labute approximate surface area is 186 Å². The fourth-order valence-corrected chi connectivity index (χ4v) is 4.87. The number of nitrogen functional groups attached to an aromatic ring is 1. The molecule has 0 atom stereocenters. The van der Waals surface area contributed by atoms with Gasteiger partial charge >= 0.3 is 0 Å². The minimum absolute atomic E-state index is 0.828. The molecule has 4 rings (SSSR count). The molecule has 0 spiro atoms. The number of hydrogen-bond donors (Lipinski definition) is 2. The molecule has 0 heterocycles. The summed E-state index contributed by atoms with van der Waals surface area (Å²) in [7, 11) is 0. The Morgan fingerprint density at radius 3 is 2.10 bits per heavy atom. The van der Waals surface area contributed by atoms with Gasteiger partial charge in [0.25, 0.3) is 0 Å². The Morgan fingerprint density at radius 1 is 0.710 bits per heavy atom. The lowest BCUT2D eigenvalue weighted by molar-refractivity contribution is 1.02. The summed E-state index contributed by atoms with van der Waals surface area (Å²) in [5.74, 6) is 0. The first-order valence-corrected chi connectivity index (χ1v) is 11.1. The topological polar surface area (TPSA) is 52.0 Å². The van der Waals surface area contributed by atoms with Gasteiger partial charge in [-0.25, -0.2) is 0 Å². The highest BCUT2D eigenvalue weighted by molar-refractivity contribution is 5.82. The lowest BCUT2D eigenvalue weighted by atomic mass is 9.90. The SMILES string of the molecule is Cc1cc(Cc2ccc(N)c(-c3c(C)cc(C)cc3C)c2)cc(C2=CCCC=C2N)c1. The molecular formula is C29H32N2. The highest BCUT2D eigenvalue weighted by Gasteiger charge is 2.13. The van der Waals surface area contributed by atoms with Crippen molar-refractivity contribution >= 4 is 11.3 Å². The van der Waals surface area contributed by atoms with Crippen LogP contribution in [0.25, 0.3) is 16.7 Å². The predicted molar refractivity (Wildman–Crippen MR) is 134 cm³/mol. The Morgan fingerprint density at radius 2 is 1.39 bits per heavy atom. The monoisotopic (exact) mass is 408 g/mol. The molecule has 158 valence electrons. The second-order valence-corrected chi connectivity index (χ2v) is 8.93. The molecule has 1 aliphatic rings. The van der Waals surface area contributed by atoms with E-state index in [2.05, 4.69) is 82.3 Å². The Hall–Kier alpha value is -3.26. The van der Waals surface area contributed by atoms with Crippen LogP contribution in [0.2, 0.25) is 0 Å².